The molecule has 1 aliphatic heterocycles. The lowest BCUT2D eigenvalue weighted by Gasteiger charge is -2.27. The smallest absolute Gasteiger partial charge is 0.272 e. The van der Waals surface area contributed by atoms with Crippen LogP contribution >= 0.6 is 11.8 Å². The van der Waals surface area contributed by atoms with Crippen LogP contribution in [0.15, 0.2) is 23.3 Å². The van der Waals surface area contributed by atoms with Crippen LogP contribution in [0.2, 0.25) is 0 Å². The number of nitrogens with zero attached hydrogens (tertiary/aromatic N) is 3. The van der Waals surface area contributed by atoms with E-state index in [0.29, 0.717) is 11.5 Å². The predicted molar refractivity (Wildman–Crippen MR) is 80.0 cm³/mol. The number of rotatable bonds is 5. The van der Waals surface area contributed by atoms with Crippen molar-refractivity contribution >= 4 is 17.7 Å². The van der Waals surface area contributed by atoms with Crippen LogP contribution in [0.4, 0.5) is 8.78 Å². The van der Waals surface area contributed by atoms with Crippen molar-refractivity contribution in [1.29, 1.82) is 0 Å². The second kappa shape index (κ2) is 8.02. The van der Waals surface area contributed by atoms with Crippen LogP contribution < -0.4 is 10.5 Å². The topological polar surface area (TPSA) is 63.7 Å². The van der Waals surface area contributed by atoms with Crippen LogP contribution in [-0.4, -0.2) is 53.5 Å². The molecule has 0 spiro atoms. The first-order valence-corrected chi connectivity index (χ1v) is 7.79. The molecule has 0 amide bonds. The molecule has 2 rings (SSSR count). The van der Waals surface area contributed by atoms with Crippen molar-refractivity contribution in [2.75, 3.05) is 31.2 Å². The summed E-state index contributed by atoms with van der Waals surface area (Å²) >= 11 is 1.89. The zero-order valence-corrected chi connectivity index (χ0v) is 12.4. The quantitative estimate of drug-likeness (QED) is 0.660. The molecular formula is C13H18F2N4OS. The van der Waals surface area contributed by atoms with Gasteiger partial charge in [-0.2, -0.15) is 11.8 Å². The van der Waals surface area contributed by atoms with Crippen LogP contribution in [0.3, 0.4) is 0 Å². The Morgan fingerprint density at radius 3 is 2.95 bits per heavy atom. The highest BCUT2D eigenvalue weighted by Crippen LogP contribution is 2.16. The van der Waals surface area contributed by atoms with Crippen molar-refractivity contribution in [3.05, 3.63) is 23.9 Å². The lowest BCUT2D eigenvalue weighted by Crippen LogP contribution is -2.42. The summed E-state index contributed by atoms with van der Waals surface area (Å²) in [6, 6.07) is 3.46. The molecular weight excluding hydrogens is 298 g/mol. The Bertz CT molecular complexity index is 481. The highest BCUT2D eigenvalue weighted by Gasteiger charge is 2.13. The molecule has 0 aromatic carbocycles. The fraction of sp³-hybridized carbons (Fsp3) is 0.538. The van der Waals surface area contributed by atoms with Gasteiger partial charge in [0.1, 0.15) is 0 Å². The second-order valence-corrected chi connectivity index (χ2v) is 5.67. The van der Waals surface area contributed by atoms with Gasteiger partial charge in [-0.05, 0) is 6.07 Å². The normalized spacial score (nSPS) is 16.3. The van der Waals surface area contributed by atoms with Gasteiger partial charge in [0.2, 0.25) is 5.88 Å². The molecule has 2 N–H and O–H groups in total. The van der Waals surface area contributed by atoms with Gasteiger partial charge in [0.25, 0.3) is 6.43 Å². The largest absolute Gasteiger partial charge is 0.471 e. The minimum absolute atomic E-state index is 0.184. The zero-order chi connectivity index (χ0) is 15.1. The number of aliphatic imine (C=N–C) groups is 1. The van der Waals surface area contributed by atoms with Crippen molar-refractivity contribution in [2.24, 2.45) is 10.7 Å². The minimum Gasteiger partial charge on any atom is -0.471 e. The Morgan fingerprint density at radius 1 is 1.48 bits per heavy atom. The van der Waals surface area contributed by atoms with E-state index in [9.17, 15) is 8.78 Å². The third kappa shape index (κ3) is 5.04. The molecule has 8 heteroatoms. The Labute approximate surface area is 126 Å². The molecule has 116 valence electrons. The van der Waals surface area contributed by atoms with Gasteiger partial charge in [-0.3, -0.25) is 0 Å². The lowest BCUT2D eigenvalue weighted by molar-refractivity contribution is 0.0791. The maximum Gasteiger partial charge on any atom is 0.272 e. The first-order valence-electron chi connectivity index (χ1n) is 6.64. The van der Waals surface area contributed by atoms with E-state index in [-0.39, 0.29) is 12.4 Å². The molecule has 1 fully saturated rings. The van der Waals surface area contributed by atoms with E-state index in [1.165, 1.54) is 6.20 Å². The third-order valence-corrected chi connectivity index (χ3v) is 3.88. The third-order valence-electron chi connectivity index (χ3n) is 2.94. The molecule has 1 aromatic heterocycles. The number of hydrogen-bond donors (Lipinski definition) is 1. The van der Waals surface area contributed by atoms with E-state index in [0.717, 1.165) is 24.6 Å². The Morgan fingerprint density at radius 2 is 2.24 bits per heavy atom. The minimum atomic E-state index is -2.53. The number of hydrogen-bond acceptors (Lipinski definition) is 4. The van der Waals surface area contributed by atoms with Crippen molar-refractivity contribution in [3.63, 3.8) is 0 Å². The Balaban J connectivity index is 1.98. The molecule has 1 aromatic rings. The molecule has 21 heavy (non-hydrogen) atoms. The van der Waals surface area contributed by atoms with Crippen LogP contribution in [0.5, 0.6) is 5.88 Å². The van der Waals surface area contributed by atoms with Crippen molar-refractivity contribution in [2.45, 2.75) is 13.0 Å². The van der Waals surface area contributed by atoms with Gasteiger partial charge < -0.3 is 15.4 Å². The molecule has 0 atom stereocenters. The molecule has 5 nitrogen and oxygen atoms in total. The molecule has 1 aliphatic rings. The second-order valence-electron chi connectivity index (χ2n) is 4.44. The molecule has 0 bridgehead atoms. The highest BCUT2D eigenvalue weighted by atomic mass is 32.2. The molecule has 0 aliphatic carbocycles. The van der Waals surface area contributed by atoms with Gasteiger partial charge in [0.05, 0.1) is 6.54 Å². The van der Waals surface area contributed by atoms with Gasteiger partial charge in [0.15, 0.2) is 12.6 Å². The first-order chi connectivity index (χ1) is 10.2. The van der Waals surface area contributed by atoms with Crippen molar-refractivity contribution in [1.82, 2.24) is 9.88 Å². The molecule has 0 saturated carbocycles. The Hall–Kier alpha value is -1.57. The van der Waals surface area contributed by atoms with Gasteiger partial charge in [-0.15, -0.1) is 0 Å². The fourth-order valence-corrected chi connectivity index (χ4v) is 2.78. The summed E-state index contributed by atoms with van der Waals surface area (Å²) in [6.45, 7) is 1.35. The summed E-state index contributed by atoms with van der Waals surface area (Å²) in [6.07, 6.45) is -1.03. The SMILES string of the molecule is NC(=NCc1cccnc1OCC(F)F)N1CCSCC1. The van der Waals surface area contributed by atoms with Crippen LogP contribution in [0, 0.1) is 0 Å². The zero-order valence-electron chi connectivity index (χ0n) is 11.5. The molecule has 1 saturated heterocycles. The number of ether oxygens (including phenoxy) is 1. The number of halogens is 2. The van der Waals surface area contributed by atoms with E-state index in [1.54, 1.807) is 12.1 Å². The summed E-state index contributed by atoms with van der Waals surface area (Å²) in [4.78, 5) is 10.3. The fourth-order valence-electron chi connectivity index (χ4n) is 1.87. The monoisotopic (exact) mass is 316 g/mol. The number of alkyl halides is 2. The van der Waals surface area contributed by atoms with Gasteiger partial charge >= 0.3 is 0 Å². The number of pyridine rings is 1. The van der Waals surface area contributed by atoms with E-state index >= 15 is 0 Å². The maximum atomic E-state index is 12.2. The number of aromatic nitrogens is 1. The number of guanidine groups is 1. The van der Waals surface area contributed by atoms with E-state index in [1.807, 2.05) is 16.7 Å². The maximum absolute atomic E-state index is 12.2. The Kier molecular flexibility index (Phi) is 6.04. The number of thioether (sulfide) groups is 1. The van der Waals surface area contributed by atoms with Crippen LogP contribution in [0.25, 0.3) is 0 Å². The molecule has 0 radical (unpaired) electrons. The van der Waals surface area contributed by atoms with Crippen LogP contribution in [0.1, 0.15) is 5.56 Å². The van der Waals surface area contributed by atoms with Crippen LogP contribution in [-0.2, 0) is 6.54 Å². The number of nitrogens with two attached hydrogens (primary N) is 1. The van der Waals surface area contributed by atoms with Gasteiger partial charge in [0, 0.05) is 36.4 Å². The van der Waals surface area contributed by atoms with Crippen molar-refractivity contribution in [3.8, 4) is 5.88 Å². The van der Waals surface area contributed by atoms with E-state index < -0.39 is 13.0 Å². The summed E-state index contributed by atoms with van der Waals surface area (Å²) < 4.78 is 29.4. The average molecular weight is 316 g/mol. The summed E-state index contributed by atoms with van der Waals surface area (Å²) in [5, 5.41) is 0. The van der Waals surface area contributed by atoms with E-state index in [4.69, 9.17) is 10.5 Å². The van der Waals surface area contributed by atoms with Gasteiger partial charge in [-0.25, -0.2) is 18.8 Å². The average Bonchev–Trinajstić information content (AvgIpc) is 2.52. The van der Waals surface area contributed by atoms with Gasteiger partial charge in [-0.1, -0.05) is 6.07 Å². The standard InChI is InChI=1S/C13H18F2N4OS/c14-11(15)9-20-12-10(2-1-3-17-12)8-18-13(16)19-4-6-21-7-5-19/h1-3,11H,4-9H2,(H2,16,18). The summed E-state index contributed by atoms with van der Waals surface area (Å²) in [5.41, 5.74) is 6.60. The lowest BCUT2D eigenvalue weighted by atomic mass is 10.3. The first kappa shape index (κ1) is 15.8. The molecule has 2 heterocycles. The highest BCUT2D eigenvalue weighted by molar-refractivity contribution is 7.99. The van der Waals surface area contributed by atoms with E-state index in [2.05, 4.69) is 9.98 Å². The summed E-state index contributed by atoms with van der Waals surface area (Å²) in [7, 11) is 0. The molecule has 0 unspecified atom stereocenters. The van der Waals surface area contributed by atoms with Crippen molar-refractivity contribution < 1.29 is 13.5 Å². The predicted octanol–water partition coefficient (Wildman–Crippen LogP) is 1.59. The summed E-state index contributed by atoms with van der Waals surface area (Å²) in [5.74, 6) is 2.72.